The molecular formula is C39H61NO10. The van der Waals surface area contributed by atoms with E-state index in [4.69, 9.17) is 23.7 Å². The Morgan fingerprint density at radius 1 is 1.08 bits per heavy atom. The van der Waals surface area contributed by atoms with E-state index in [1.54, 1.807) is 52.1 Å². The number of allylic oxidation sites excluding steroid dienone is 1. The van der Waals surface area contributed by atoms with Crippen molar-refractivity contribution >= 4 is 23.5 Å². The fourth-order valence-corrected chi connectivity index (χ4v) is 6.48. The molecule has 0 aliphatic carbocycles. The van der Waals surface area contributed by atoms with Gasteiger partial charge in [0, 0.05) is 25.6 Å². The number of carbonyl (C=O) groups is 4. The van der Waals surface area contributed by atoms with Gasteiger partial charge >= 0.3 is 11.9 Å². The second-order valence-corrected chi connectivity index (χ2v) is 14.1. The highest BCUT2D eigenvalue weighted by atomic mass is 16.7. The van der Waals surface area contributed by atoms with Gasteiger partial charge in [-0.3, -0.25) is 14.4 Å². The van der Waals surface area contributed by atoms with Crippen LogP contribution >= 0.6 is 0 Å². The highest BCUT2D eigenvalue weighted by Crippen LogP contribution is 2.31. The van der Waals surface area contributed by atoms with E-state index in [9.17, 15) is 24.3 Å². The summed E-state index contributed by atoms with van der Waals surface area (Å²) in [6.45, 7) is 14.2. The number of likely N-dealkylation sites (N-methyl/N-ethyl adjacent to an activating group) is 1. The standard InChI is InChI=1S/C39H61NO10/c1-12-31(48-38-35(30(40(9)10)22-26(5)47-38)50-37(44)29-19-15-14-16-20-29)27(6)34(42)28(7)36(43)49-32(13-2)39(8,45)23-25(4)33(41)24(3)18-17-21-46-11/h14-16,19-20,23-24,26-28,30-32,35,38,45H,12-13,17-18,21-22H2,1-11H3/b25-23+/t24-,26-,27-,28-,30+,31+,32?,35-,38+,39+/m1/s1. The van der Waals surface area contributed by atoms with Crippen molar-refractivity contribution in [3.8, 4) is 0 Å². The first-order valence-corrected chi connectivity index (χ1v) is 17.9. The maximum Gasteiger partial charge on any atom is 0.338 e. The number of ketones is 2. The highest BCUT2D eigenvalue weighted by molar-refractivity contribution is 6.00. The van der Waals surface area contributed by atoms with E-state index in [-0.39, 0.29) is 30.3 Å². The molecule has 11 heteroatoms. The van der Waals surface area contributed by atoms with Gasteiger partial charge in [0.25, 0.3) is 0 Å². The Balaban J connectivity index is 2.18. The summed E-state index contributed by atoms with van der Waals surface area (Å²) in [5.41, 5.74) is -0.873. The van der Waals surface area contributed by atoms with Crippen molar-refractivity contribution in [2.45, 2.75) is 130 Å². The molecule has 2 rings (SSSR count). The number of carbonyl (C=O) groups excluding carboxylic acids is 4. The third-order valence-corrected chi connectivity index (χ3v) is 9.61. The lowest BCUT2D eigenvalue weighted by atomic mass is 9.88. The summed E-state index contributed by atoms with van der Waals surface area (Å²) in [5, 5.41) is 11.3. The van der Waals surface area contributed by atoms with E-state index >= 15 is 0 Å². The monoisotopic (exact) mass is 703 g/mol. The fraction of sp³-hybridized carbons (Fsp3) is 0.692. The molecule has 1 aliphatic rings. The predicted octanol–water partition coefficient (Wildman–Crippen LogP) is 5.56. The molecule has 1 unspecified atom stereocenters. The normalized spacial score (nSPS) is 24.0. The molecule has 0 radical (unpaired) electrons. The minimum Gasteiger partial charge on any atom is -0.458 e. The molecule has 1 heterocycles. The first-order valence-electron chi connectivity index (χ1n) is 17.9. The van der Waals surface area contributed by atoms with E-state index < -0.39 is 59.8 Å². The van der Waals surface area contributed by atoms with Crippen LogP contribution in [0.4, 0.5) is 0 Å². The van der Waals surface area contributed by atoms with Crippen LogP contribution in [0, 0.1) is 17.8 Å². The first kappa shape index (κ1) is 43.2. The van der Waals surface area contributed by atoms with E-state index in [0.717, 1.165) is 6.42 Å². The molecule has 0 spiro atoms. The molecule has 10 atom stereocenters. The van der Waals surface area contributed by atoms with E-state index in [1.165, 1.54) is 19.9 Å². The number of nitrogens with zero attached hydrogens (tertiary/aromatic N) is 1. The average molecular weight is 704 g/mol. The van der Waals surface area contributed by atoms with Crippen LogP contribution in [-0.2, 0) is 38.1 Å². The molecule has 0 aromatic heterocycles. The topological polar surface area (TPSA) is 138 Å². The molecule has 11 nitrogen and oxygen atoms in total. The molecule has 1 aliphatic heterocycles. The largest absolute Gasteiger partial charge is 0.458 e. The van der Waals surface area contributed by atoms with Crippen LogP contribution in [0.3, 0.4) is 0 Å². The molecule has 0 saturated carbocycles. The van der Waals surface area contributed by atoms with Crippen molar-refractivity contribution < 1.29 is 48.0 Å². The Hall–Kier alpha value is -2.96. The SMILES string of the molecule is CCC(OC(=O)[C@H](C)C(=O)[C@H](C)[C@H](CC)O[C@@H]1O[C@H](C)C[C@H](N(C)C)[C@H]1OC(=O)c1ccccc1)[C@@](C)(O)/C=C(\C)C(=O)[C@H](C)CCCOC. The average Bonchev–Trinajstić information content (AvgIpc) is 3.08. The molecule has 1 saturated heterocycles. The van der Waals surface area contributed by atoms with Crippen LogP contribution in [0.15, 0.2) is 42.0 Å². The number of ether oxygens (including phenoxy) is 5. The van der Waals surface area contributed by atoms with E-state index in [2.05, 4.69) is 0 Å². The molecular weight excluding hydrogens is 642 g/mol. The number of hydrogen-bond acceptors (Lipinski definition) is 11. The number of rotatable bonds is 20. The van der Waals surface area contributed by atoms with Crippen molar-refractivity contribution in [1.29, 1.82) is 0 Å². The van der Waals surface area contributed by atoms with Crippen LogP contribution in [0.2, 0.25) is 0 Å². The Morgan fingerprint density at radius 2 is 1.72 bits per heavy atom. The van der Waals surface area contributed by atoms with Crippen LogP contribution in [0.5, 0.6) is 0 Å². The summed E-state index contributed by atoms with van der Waals surface area (Å²) in [6.07, 6.45) is 0.496. The third kappa shape index (κ3) is 12.1. The van der Waals surface area contributed by atoms with Gasteiger partial charge in [-0.05, 0) is 97.7 Å². The molecule has 1 N–H and O–H groups in total. The van der Waals surface area contributed by atoms with Gasteiger partial charge in [-0.25, -0.2) is 4.79 Å². The van der Waals surface area contributed by atoms with Crippen LogP contribution in [-0.4, -0.2) is 104 Å². The second-order valence-electron chi connectivity index (χ2n) is 14.1. The lowest BCUT2D eigenvalue weighted by Gasteiger charge is -2.44. The highest BCUT2D eigenvalue weighted by Gasteiger charge is 2.45. The second kappa shape index (κ2) is 20.2. The quantitative estimate of drug-likeness (QED) is 0.0790. The minimum absolute atomic E-state index is 0.101. The lowest BCUT2D eigenvalue weighted by molar-refractivity contribution is -0.271. The van der Waals surface area contributed by atoms with Crippen molar-refractivity contribution in [1.82, 2.24) is 4.90 Å². The van der Waals surface area contributed by atoms with Gasteiger partial charge in [-0.2, -0.15) is 0 Å². The van der Waals surface area contributed by atoms with Gasteiger partial charge in [-0.15, -0.1) is 0 Å². The summed E-state index contributed by atoms with van der Waals surface area (Å²) in [7, 11) is 5.42. The number of hydrogen-bond donors (Lipinski definition) is 1. The number of methoxy groups -OCH3 is 1. The van der Waals surface area contributed by atoms with Crippen molar-refractivity contribution in [3.63, 3.8) is 0 Å². The van der Waals surface area contributed by atoms with Crippen molar-refractivity contribution in [3.05, 3.63) is 47.5 Å². The smallest absolute Gasteiger partial charge is 0.338 e. The molecule has 1 aromatic carbocycles. The van der Waals surface area contributed by atoms with Gasteiger partial charge in [0.05, 0.1) is 23.8 Å². The molecule has 0 amide bonds. The zero-order valence-electron chi connectivity index (χ0n) is 32.0. The molecule has 1 aromatic rings. The van der Waals surface area contributed by atoms with Gasteiger partial charge in [-0.1, -0.05) is 45.9 Å². The van der Waals surface area contributed by atoms with Gasteiger partial charge in [0.15, 0.2) is 24.0 Å². The number of aliphatic hydroxyl groups is 1. The van der Waals surface area contributed by atoms with E-state index in [1.807, 2.05) is 45.8 Å². The molecule has 282 valence electrons. The Bertz CT molecular complexity index is 1280. The van der Waals surface area contributed by atoms with Gasteiger partial charge in [0.1, 0.15) is 17.6 Å². The van der Waals surface area contributed by atoms with E-state index in [0.29, 0.717) is 37.0 Å². The third-order valence-electron chi connectivity index (χ3n) is 9.61. The van der Waals surface area contributed by atoms with Gasteiger partial charge in [0.2, 0.25) is 0 Å². The fourth-order valence-electron chi connectivity index (χ4n) is 6.48. The Kier molecular flexibility index (Phi) is 17.4. The Morgan fingerprint density at radius 3 is 2.28 bits per heavy atom. The lowest BCUT2D eigenvalue weighted by Crippen LogP contribution is -2.57. The summed E-state index contributed by atoms with van der Waals surface area (Å²) >= 11 is 0. The molecule has 1 fully saturated rings. The van der Waals surface area contributed by atoms with Crippen molar-refractivity contribution in [2.24, 2.45) is 17.8 Å². The molecule has 50 heavy (non-hydrogen) atoms. The summed E-state index contributed by atoms with van der Waals surface area (Å²) in [5.74, 6) is -3.94. The zero-order valence-corrected chi connectivity index (χ0v) is 32.0. The maximum atomic E-state index is 13.7. The van der Waals surface area contributed by atoms with Crippen LogP contribution in [0.25, 0.3) is 0 Å². The van der Waals surface area contributed by atoms with Crippen LogP contribution < -0.4 is 0 Å². The number of benzene rings is 1. The summed E-state index contributed by atoms with van der Waals surface area (Å²) in [6, 6.07) is 8.48. The van der Waals surface area contributed by atoms with Gasteiger partial charge < -0.3 is 33.7 Å². The van der Waals surface area contributed by atoms with Crippen LogP contribution in [0.1, 0.15) is 97.9 Å². The first-order chi connectivity index (χ1) is 23.5. The number of Topliss-reactive ketones (excluding diaryl/α,β-unsaturated/α-hetero) is 2. The predicted molar refractivity (Wildman–Crippen MR) is 190 cm³/mol. The maximum absolute atomic E-state index is 13.7. The minimum atomic E-state index is -1.65. The zero-order chi connectivity index (χ0) is 37.8. The summed E-state index contributed by atoms with van der Waals surface area (Å²) in [4.78, 5) is 55.1. The van der Waals surface area contributed by atoms with Crippen molar-refractivity contribution in [2.75, 3.05) is 27.8 Å². The Labute approximate surface area is 299 Å². The molecule has 0 bridgehead atoms. The summed E-state index contributed by atoms with van der Waals surface area (Å²) < 4.78 is 29.4. The number of esters is 2.